The number of aromatic amines is 2. The molecular formula is C44H53N6O13P. The van der Waals surface area contributed by atoms with E-state index < -0.39 is 91.7 Å². The lowest BCUT2D eigenvalue weighted by Crippen LogP contribution is -2.33. The summed E-state index contributed by atoms with van der Waals surface area (Å²) in [4.78, 5) is 84.5. The highest BCUT2D eigenvalue weighted by molar-refractivity contribution is 7.48. The number of nitrogens with one attached hydrogen (secondary N) is 3. The number of amides is 1. The van der Waals surface area contributed by atoms with Crippen LogP contribution in [0.25, 0.3) is 4.85 Å². The van der Waals surface area contributed by atoms with Crippen molar-refractivity contribution in [2.45, 2.75) is 117 Å². The van der Waals surface area contributed by atoms with Crippen molar-refractivity contribution in [3.63, 3.8) is 0 Å². The van der Waals surface area contributed by atoms with Gasteiger partial charge < -0.3 is 24.4 Å². The molecule has 8 unspecified atom stereocenters. The molecule has 0 radical (unpaired) electrons. The zero-order valence-electron chi connectivity index (χ0n) is 36.5. The molecule has 2 aliphatic heterocycles. The summed E-state index contributed by atoms with van der Waals surface area (Å²) in [5.41, 5.74) is 2.86. The summed E-state index contributed by atoms with van der Waals surface area (Å²) < 4.78 is 52.2. The zero-order chi connectivity index (χ0) is 46.3. The van der Waals surface area contributed by atoms with E-state index >= 15 is 0 Å². The minimum atomic E-state index is -4.58. The maximum atomic E-state index is 14.4. The lowest BCUT2D eigenvalue weighted by Gasteiger charge is -2.25. The second kappa shape index (κ2) is 20.8. The number of aryl methyl sites for hydroxylation is 3. The molecule has 8 atom stereocenters. The maximum absolute atomic E-state index is 14.4. The van der Waals surface area contributed by atoms with E-state index in [2.05, 4.69) is 20.1 Å². The quantitative estimate of drug-likeness (QED) is 0.0535. The molecule has 2 fully saturated rings. The molecule has 3 N–H and O–H groups in total. The van der Waals surface area contributed by atoms with Crippen LogP contribution >= 0.6 is 7.82 Å². The molecule has 2 saturated heterocycles. The Labute approximate surface area is 368 Å². The molecule has 64 heavy (non-hydrogen) atoms. The summed E-state index contributed by atoms with van der Waals surface area (Å²) in [6.07, 6.45) is -3.58. The number of rotatable bonds is 18. The number of phosphoric ester groups is 1. The van der Waals surface area contributed by atoms with Gasteiger partial charge in [0, 0.05) is 42.8 Å². The van der Waals surface area contributed by atoms with Crippen molar-refractivity contribution in [1.29, 1.82) is 0 Å². The Bertz CT molecular complexity index is 2670. The van der Waals surface area contributed by atoms with E-state index in [4.69, 9.17) is 34.4 Å². The van der Waals surface area contributed by atoms with E-state index in [-0.39, 0.29) is 50.0 Å². The number of aromatic nitrogens is 4. The molecule has 2 aliphatic rings. The van der Waals surface area contributed by atoms with Gasteiger partial charge in [0.05, 0.1) is 31.3 Å². The minimum absolute atomic E-state index is 0.00405. The third-order valence-electron chi connectivity index (χ3n) is 11.5. The Morgan fingerprint density at radius 2 is 1.44 bits per heavy atom. The number of ether oxygens (including phenoxy) is 3. The molecule has 6 rings (SSSR count). The summed E-state index contributed by atoms with van der Waals surface area (Å²) in [6.45, 7) is 17.0. The minimum Gasteiger partial charge on any atom is -0.459 e. The third-order valence-corrected chi connectivity index (χ3v) is 13.0. The van der Waals surface area contributed by atoms with E-state index in [1.165, 1.54) is 30.8 Å². The van der Waals surface area contributed by atoms with Gasteiger partial charge in [-0.3, -0.25) is 51.9 Å². The number of esters is 1. The number of hydrogen-bond acceptors (Lipinski definition) is 13. The fraction of sp³-hybridized carbons (Fsp3) is 0.477. The predicted octanol–water partition coefficient (Wildman–Crippen LogP) is 4.66. The number of carbonyl (C=O) groups excluding carboxylic acids is 2. The SMILES string of the molecule is [C-]#[N+]CCOP(=O)(OCC1OC(n2cc(C)c(=O)[nH]c2=O)CC1OC(=O)CCC(=O)NC(c1ccccc1)c1ccc(C)c(C)c1C)OC1CC(n2cc(C)c(=O)[nH]c2=O)OC1CC. The molecular weight excluding hydrogens is 851 g/mol. The molecule has 0 spiro atoms. The van der Waals surface area contributed by atoms with Gasteiger partial charge >= 0.3 is 25.2 Å². The van der Waals surface area contributed by atoms with Crippen molar-refractivity contribution in [3.8, 4) is 0 Å². The van der Waals surface area contributed by atoms with Crippen LogP contribution in [-0.2, 0) is 41.9 Å². The first kappa shape index (κ1) is 47.7. The van der Waals surface area contributed by atoms with Gasteiger partial charge in [-0.2, -0.15) is 0 Å². The second-order valence-corrected chi connectivity index (χ2v) is 17.5. The fourth-order valence-electron chi connectivity index (χ4n) is 7.67. The van der Waals surface area contributed by atoms with Crippen molar-refractivity contribution in [2.24, 2.45) is 0 Å². The molecule has 4 aromatic rings. The Hall–Kier alpha value is -5.74. The first-order valence-corrected chi connectivity index (χ1v) is 22.4. The number of phosphoric acid groups is 1. The number of benzene rings is 2. The van der Waals surface area contributed by atoms with Crippen LogP contribution in [0, 0.1) is 41.2 Å². The second-order valence-electron chi connectivity index (χ2n) is 15.9. The maximum Gasteiger partial charge on any atom is 0.475 e. The molecule has 19 nitrogen and oxygen atoms in total. The number of H-pyrrole nitrogens is 2. The Kier molecular flexibility index (Phi) is 15.5. The fourth-order valence-corrected chi connectivity index (χ4v) is 9.05. The van der Waals surface area contributed by atoms with Crippen molar-refractivity contribution >= 4 is 19.7 Å². The molecule has 0 aliphatic carbocycles. The molecule has 2 aromatic heterocycles. The van der Waals surface area contributed by atoms with Crippen molar-refractivity contribution in [3.05, 3.63) is 147 Å². The molecule has 0 saturated carbocycles. The van der Waals surface area contributed by atoms with Gasteiger partial charge in [-0.25, -0.2) is 20.7 Å². The average Bonchev–Trinajstić information content (AvgIpc) is 3.86. The van der Waals surface area contributed by atoms with Crippen LogP contribution in [0.15, 0.2) is 74.0 Å². The van der Waals surface area contributed by atoms with E-state index in [9.17, 15) is 33.3 Å². The molecule has 0 bridgehead atoms. The van der Waals surface area contributed by atoms with Crippen LogP contribution in [0.3, 0.4) is 0 Å². The monoisotopic (exact) mass is 904 g/mol. The normalized spacial score (nSPS) is 22.1. The van der Waals surface area contributed by atoms with Crippen LogP contribution in [0.5, 0.6) is 0 Å². The predicted molar refractivity (Wildman–Crippen MR) is 232 cm³/mol. The topological polar surface area (TPSA) is 233 Å². The standard InChI is InChI=1S/C44H53N6O13P/c1-8-32-34(21-38(60-32)50-23-27(4)42(54)48-44(50)56)63-64(57,58-19-18-45-7)59-24-35-33(20-37(61-35)49-22-26(3)41(53)47-43(49)55)62-39(52)17-16-36(51)46-40(30-12-10-9-11-13-30)31-15-14-25(2)28(5)29(31)6/h9-15,22-23,32-35,37-38,40H,8,16-21,24H2,1-6H3,(H,46,51)(H,47,53,55)(H,48,54,56). The third kappa shape index (κ3) is 11.3. The summed E-state index contributed by atoms with van der Waals surface area (Å²) in [5.74, 6) is -1.17. The van der Waals surface area contributed by atoms with Gasteiger partial charge in [-0.1, -0.05) is 49.4 Å². The Morgan fingerprint density at radius 1 is 0.828 bits per heavy atom. The van der Waals surface area contributed by atoms with Gasteiger partial charge in [-0.15, -0.1) is 0 Å². The zero-order valence-corrected chi connectivity index (χ0v) is 37.4. The van der Waals surface area contributed by atoms with Crippen LogP contribution in [0.1, 0.15) is 96.5 Å². The lowest BCUT2D eigenvalue weighted by atomic mass is 9.90. The van der Waals surface area contributed by atoms with Crippen LogP contribution in [-0.4, -0.2) is 75.2 Å². The van der Waals surface area contributed by atoms with Crippen LogP contribution < -0.4 is 27.8 Å². The highest BCUT2D eigenvalue weighted by atomic mass is 31.2. The van der Waals surface area contributed by atoms with E-state index in [0.717, 1.165) is 32.4 Å². The van der Waals surface area contributed by atoms with Gasteiger partial charge in [-0.05, 0) is 68.9 Å². The van der Waals surface area contributed by atoms with Crippen LogP contribution in [0.2, 0.25) is 0 Å². The van der Waals surface area contributed by atoms with Gasteiger partial charge in [0.15, 0.2) is 0 Å². The summed E-state index contributed by atoms with van der Waals surface area (Å²) in [6, 6.07) is 13.0. The van der Waals surface area contributed by atoms with E-state index in [1.807, 2.05) is 63.2 Å². The average molecular weight is 905 g/mol. The van der Waals surface area contributed by atoms with Gasteiger partial charge in [0.1, 0.15) is 31.3 Å². The summed E-state index contributed by atoms with van der Waals surface area (Å²) in [7, 11) is -4.58. The lowest BCUT2D eigenvalue weighted by molar-refractivity contribution is -0.154. The number of hydrogen-bond donors (Lipinski definition) is 3. The summed E-state index contributed by atoms with van der Waals surface area (Å²) in [5, 5.41) is 3.08. The number of nitrogens with zero attached hydrogens (tertiary/aromatic N) is 3. The van der Waals surface area contributed by atoms with E-state index in [1.54, 1.807) is 6.92 Å². The highest BCUT2D eigenvalue weighted by Crippen LogP contribution is 2.54. The highest BCUT2D eigenvalue weighted by Gasteiger charge is 2.45. The largest absolute Gasteiger partial charge is 0.475 e. The van der Waals surface area contributed by atoms with Crippen molar-refractivity contribution in [1.82, 2.24) is 24.4 Å². The van der Waals surface area contributed by atoms with Crippen LogP contribution in [0.4, 0.5) is 0 Å². The van der Waals surface area contributed by atoms with Crippen molar-refractivity contribution < 1.29 is 41.9 Å². The number of carbonyl (C=O) groups is 2. The Balaban J connectivity index is 1.18. The summed E-state index contributed by atoms with van der Waals surface area (Å²) >= 11 is 0. The van der Waals surface area contributed by atoms with E-state index in [0.29, 0.717) is 6.42 Å². The smallest absolute Gasteiger partial charge is 0.459 e. The first-order chi connectivity index (χ1) is 30.5. The molecule has 2 aromatic carbocycles. The molecule has 20 heteroatoms. The molecule has 4 heterocycles. The molecule has 342 valence electrons. The van der Waals surface area contributed by atoms with Gasteiger partial charge in [0.25, 0.3) is 11.1 Å². The first-order valence-electron chi connectivity index (χ1n) is 21.0. The molecule has 1 amide bonds. The van der Waals surface area contributed by atoms with Crippen molar-refractivity contribution in [2.75, 3.05) is 19.8 Å². The van der Waals surface area contributed by atoms with Gasteiger partial charge in [0.2, 0.25) is 12.5 Å². The Morgan fingerprint density at radius 3 is 2.05 bits per heavy atom.